The molecule has 1 aromatic rings. The molecule has 1 aliphatic rings. The minimum absolute atomic E-state index is 0.275. The van der Waals surface area contributed by atoms with Gasteiger partial charge in [0.1, 0.15) is 0 Å². The van der Waals surface area contributed by atoms with Crippen molar-refractivity contribution in [1.82, 2.24) is 0 Å². The van der Waals surface area contributed by atoms with E-state index in [4.69, 9.17) is 17.3 Å². The maximum atomic E-state index is 13.6. The van der Waals surface area contributed by atoms with E-state index < -0.39 is 17.7 Å². The Bertz CT molecular complexity index is 393. The van der Waals surface area contributed by atoms with E-state index in [9.17, 15) is 8.78 Å². The first-order valence-corrected chi connectivity index (χ1v) is 5.41. The summed E-state index contributed by atoms with van der Waals surface area (Å²) in [6.07, 6.45) is 3.21. The SMILES string of the molecule is N[C@@H]1CCCCc2c(Cl)cc(F)c(F)c21. The van der Waals surface area contributed by atoms with Crippen molar-refractivity contribution in [3.8, 4) is 0 Å². The first-order chi connectivity index (χ1) is 7.11. The van der Waals surface area contributed by atoms with E-state index in [0.29, 0.717) is 23.4 Å². The highest BCUT2D eigenvalue weighted by atomic mass is 35.5. The largest absolute Gasteiger partial charge is 0.324 e. The van der Waals surface area contributed by atoms with E-state index in [2.05, 4.69) is 0 Å². The lowest BCUT2D eigenvalue weighted by atomic mass is 9.98. The number of benzene rings is 1. The van der Waals surface area contributed by atoms with E-state index >= 15 is 0 Å². The molecule has 0 spiro atoms. The summed E-state index contributed by atoms with van der Waals surface area (Å²) in [5.74, 6) is -1.74. The van der Waals surface area contributed by atoms with E-state index in [0.717, 1.165) is 18.9 Å². The zero-order chi connectivity index (χ0) is 11.0. The molecule has 4 heteroatoms. The van der Waals surface area contributed by atoms with Crippen LogP contribution in [-0.4, -0.2) is 0 Å². The van der Waals surface area contributed by atoms with E-state index in [1.807, 2.05) is 0 Å². The van der Waals surface area contributed by atoms with Gasteiger partial charge in [0.2, 0.25) is 0 Å². The van der Waals surface area contributed by atoms with E-state index in [-0.39, 0.29) is 5.56 Å². The van der Waals surface area contributed by atoms with Crippen LogP contribution in [0.5, 0.6) is 0 Å². The zero-order valence-electron chi connectivity index (χ0n) is 8.19. The van der Waals surface area contributed by atoms with Crippen molar-refractivity contribution in [3.63, 3.8) is 0 Å². The molecule has 0 amide bonds. The second-order valence-electron chi connectivity index (χ2n) is 3.90. The summed E-state index contributed by atoms with van der Waals surface area (Å²) in [7, 11) is 0. The average Bonchev–Trinajstić information content (AvgIpc) is 2.37. The van der Waals surface area contributed by atoms with Crippen LogP contribution < -0.4 is 5.73 Å². The van der Waals surface area contributed by atoms with Crippen LogP contribution in [0.2, 0.25) is 5.02 Å². The molecule has 0 aromatic heterocycles. The van der Waals surface area contributed by atoms with Crippen LogP contribution in [0.15, 0.2) is 6.07 Å². The van der Waals surface area contributed by atoms with Crippen LogP contribution in [-0.2, 0) is 6.42 Å². The van der Waals surface area contributed by atoms with Crippen LogP contribution in [0.1, 0.15) is 36.4 Å². The molecule has 82 valence electrons. The Balaban J connectivity index is 2.63. The molecule has 0 radical (unpaired) electrons. The van der Waals surface area contributed by atoms with Crippen LogP contribution in [0.25, 0.3) is 0 Å². The maximum absolute atomic E-state index is 13.6. The van der Waals surface area contributed by atoms with Gasteiger partial charge in [-0.05, 0) is 30.9 Å². The summed E-state index contributed by atoms with van der Waals surface area (Å²) in [5, 5.41) is 0.293. The van der Waals surface area contributed by atoms with Gasteiger partial charge in [-0.1, -0.05) is 18.0 Å². The maximum Gasteiger partial charge on any atom is 0.163 e. The predicted octanol–water partition coefficient (Wildman–Crippen LogP) is 3.34. The minimum atomic E-state index is -0.906. The van der Waals surface area contributed by atoms with Crippen LogP contribution in [0.4, 0.5) is 8.78 Å². The molecule has 1 aromatic carbocycles. The lowest BCUT2D eigenvalue weighted by Gasteiger charge is -2.15. The Morgan fingerprint density at radius 3 is 2.80 bits per heavy atom. The van der Waals surface area contributed by atoms with Gasteiger partial charge < -0.3 is 5.73 Å². The highest BCUT2D eigenvalue weighted by molar-refractivity contribution is 6.31. The molecule has 2 rings (SSSR count). The topological polar surface area (TPSA) is 26.0 Å². The molecular formula is C11H12ClF2N. The number of hydrogen-bond donors (Lipinski definition) is 1. The molecular weight excluding hydrogens is 220 g/mol. The third kappa shape index (κ3) is 1.86. The van der Waals surface area contributed by atoms with Crippen LogP contribution in [0.3, 0.4) is 0 Å². The van der Waals surface area contributed by atoms with Crippen molar-refractivity contribution in [2.45, 2.75) is 31.7 Å². The summed E-state index contributed by atoms with van der Waals surface area (Å²) < 4.78 is 26.7. The average molecular weight is 232 g/mol. The van der Waals surface area contributed by atoms with Crippen LogP contribution in [0, 0.1) is 11.6 Å². The molecule has 0 saturated carbocycles. The van der Waals surface area contributed by atoms with E-state index in [1.165, 1.54) is 0 Å². The standard InChI is InChI=1S/C11H12ClF2N/c12-7-5-8(13)11(14)10-6(7)3-1-2-4-9(10)15/h5,9H,1-4,15H2/t9-/m1/s1. The minimum Gasteiger partial charge on any atom is -0.324 e. The Kier molecular flexibility index (Phi) is 2.94. The quantitative estimate of drug-likeness (QED) is 0.538. The number of nitrogens with two attached hydrogens (primary N) is 1. The monoisotopic (exact) mass is 231 g/mol. The second-order valence-corrected chi connectivity index (χ2v) is 4.31. The third-order valence-electron chi connectivity index (χ3n) is 2.88. The van der Waals surface area contributed by atoms with Crippen molar-refractivity contribution < 1.29 is 8.78 Å². The molecule has 1 atom stereocenters. The summed E-state index contributed by atoms with van der Waals surface area (Å²) in [6.45, 7) is 0. The summed E-state index contributed by atoms with van der Waals surface area (Å²) >= 11 is 5.90. The van der Waals surface area contributed by atoms with E-state index in [1.54, 1.807) is 0 Å². The molecule has 0 aliphatic heterocycles. The van der Waals surface area contributed by atoms with Crippen molar-refractivity contribution >= 4 is 11.6 Å². The Labute approximate surface area is 92.2 Å². The van der Waals surface area contributed by atoms with Gasteiger partial charge in [-0.25, -0.2) is 8.78 Å². The molecule has 0 saturated heterocycles. The van der Waals surface area contributed by atoms with Gasteiger partial charge in [-0.2, -0.15) is 0 Å². The van der Waals surface area contributed by atoms with Gasteiger partial charge in [0.15, 0.2) is 11.6 Å². The molecule has 2 N–H and O–H groups in total. The second kappa shape index (κ2) is 4.06. The predicted molar refractivity (Wildman–Crippen MR) is 55.9 cm³/mol. The number of fused-ring (bicyclic) bond motifs is 1. The van der Waals surface area contributed by atoms with Crippen LogP contribution >= 0.6 is 11.6 Å². The Morgan fingerprint density at radius 2 is 2.07 bits per heavy atom. The zero-order valence-corrected chi connectivity index (χ0v) is 8.95. The number of rotatable bonds is 0. The molecule has 1 nitrogen and oxygen atoms in total. The van der Waals surface area contributed by atoms with Crippen molar-refractivity contribution in [2.24, 2.45) is 5.73 Å². The number of halogens is 3. The smallest absolute Gasteiger partial charge is 0.163 e. The van der Waals surface area contributed by atoms with Crippen molar-refractivity contribution in [1.29, 1.82) is 0 Å². The van der Waals surface area contributed by atoms with Gasteiger partial charge in [0.05, 0.1) is 0 Å². The highest BCUT2D eigenvalue weighted by Crippen LogP contribution is 2.34. The van der Waals surface area contributed by atoms with Crippen molar-refractivity contribution in [2.75, 3.05) is 0 Å². The fourth-order valence-corrected chi connectivity index (χ4v) is 2.39. The van der Waals surface area contributed by atoms with Gasteiger partial charge in [0, 0.05) is 16.6 Å². The molecule has 0 fully saturated rings. The summed E-state index contributed by atoms with van der Waals surface area (Å²) in [5.41, 5.74) is 6.78. The third-order valence-corrected chi connectivity index (χ3v) is 3.21. The molecule has 0 heterocycles. The Morgan fingerprint density at radius 1 is 1.33 bits per heavy atom. The summed E-state index contributed by atoms with van der Waals surface area (Å²) in [4.78, 5) is 0. The molecule has 15 heavy (non-hydrogen) atoms. The molecule has 0 bridgehead atoms. The lowest BCUT2D eigenvalue weighted by molar-refractivity contribution is 0.483. The highest BCUT2D eigenvalue weighted by Gasteiger charge is 2.24. The van der Waals surface area contributed by atoms with Gasteiger partial charge in [0.25, 0.3) is 0 Å². The normalized spacial score (nSPS) is 20.9. The fraction of sp³-hybridized carbons (Fsp3) is 0.455. The first kappa shape index (κ1) is 10.8. The van der Waals surface area contributed by atoms with Gasteiger partial charge in [-0.3, -0.25) is 0 Å². The fourth-order valence-electron chi connectivity index (χ4n) is 2.10. The lowest BCUT2D eigenvalue weighted by Crippen LogP contribution is -2.14. The molecule has 0 unspecified atom stereocenters. The van der Waals surface area contributed by atoms with Gasteiger partial charge in [-0.15, -0.1) is 0 Å². The Hall–Kier alpha value is -0.670. The number of hydrogen-bond acceptors (Lipinski definition) is 1. The molecule has 1 aliphatic carbocycles. The van der Waals surface area contributed by atoms with Crippen molar-refractivity contribution in [3.05, 3.63) is 33.9 Å². The van der Waals surface area contributed by atoms with Gasteiger partial charge >= 0.3 is 0 Å². The first-order valence-electron chi connectivity index (χ1n) is 5.03. The summed E-state index contributed by atoms with van der Waals surface area (Å²) in [6, 6.07) is 0.601.